The third-order valence-corrected chi connectivity index (χ3v) is 5.54. The number of rotatable bonds is 7. The summed E-state index contributed by atoms with van der Waals surface area (Å²) >= 11 is 0. The average molecular weight is 445 g/mol. The Labute approximate surface area is 191 Å². The van der Waals surface area contributed by atoms with Crippen molar-refractivity contribution in [1.29, 1.82) is 0 Å². The number of amides is 3. The number of hydrogen-bond acceptors (Lipinski definition) is 6. The summed E-state index contributed by atoms with van der Waals surface area (Å²) in [7, 11) is 0. The Bertz CT molecular complexity index is 1140. The lowest BCUT2D eigenvalue weighted by molar-refractivity contribution is -0.125. The molecule has 3 amide bonds. The minimum Gasteiger partial charge on any atom is -0.489 e. The van der Waals surface area contributed by atoms with E-state index in [1.807, 2.05) is 42.5 Å². The molecule has 0 bridgehead atoms. The number of fused-ring (bicyclic) bond motifs is 1. The third kappa shape index (κ3) is 4.59. The number of nitrogens with zero attached hydrogens (tertiary/aromatic N) is 3. The van der Waals surface area contributed by atoms with Crippen LogP contribution in [0.4, 0.5) is 10.6 Å². The number of ether oxygens (including phenoxy) is 3. The molecule has 1 saturated heterocycles. The fourth-order valence-corrected chi connectivity index (χ4v) is 3.80. The second kappa shape index (κ2) is 9.20. The van der Waals surface area contributed by atoms with Crippen molar-refractivity contribution < 1.29 is 23.8 Å². The van der Waals surface area contributed by atoms with Gasteiger partial charge in [0, 0.05) is 25.2 Å². The summed E-state index contributed by atoms with van der Waals surface area (Å²) < 4.78 is 17.8. The number of carbonyl (C=O) groups is 2. The lowest BCUT2D eigenvalue weighted by atomic mass is 10.2. The molecule has 3 heterocycles. The highest BCUT2D eigenvalue weighted by Crippen LogP contribution is 2.36. The summed E-state index contributed by atoms with van der Waals surface area (Å²) in [5.41, 5.74) is 1.07. The molecule has 5 rings (SSSR count). The zero-order valence-corrected chi connectivity index (χ0v) is 17.9. The molecule has 1 atom stereocenters. The van der Waals surface area contributed by atoms with Gasteiger partial charge in [0.05, 0.1) is 0 Å². The van der Waals surface area contributed by atoms with E-state index in [9.17, 15) is 9.59 Å². The van der Waals surface area contributed by atoms with Crippen LogP contribution in [0.5, 0.6) is 17.2 Å². The van der Waals surface area contributed by atoms with Gasteiger partial charge >= 0.3 is 6.03 Å². The van der Waals surface area contributed by atoms with E-state index in [0.29, 0.717) is 42.7 Å². The number of carbonyl (C=O) groups excluding carboxylic acids is 2. The molecule has 0 radical (unpaired) electrons. The molecule has 2 aliphatic rings. The van der Waals surface area contributed by atoms with E-state index >= 15 is 0 Å². The highest BCUT2D eigenvalue weighted by Gasteiger charge is 2.38. The van der Waals surface area contributed by atoms with Crippen LogP contribution in [-0.4, -0.2) is 47.6 Å². The summed E-state index contributed by atoms with van der Waals surface area (Å²) in [5.74, 6) is 2.13. The minimum atomic E-state index is -0.368. The van der Waals surface area contributed by atoms with Gasteiger partial charge in [0.15, 0.2) is 11.5 Å². The molecule has 1 aromatic heterocycles. The van der Waals surface area contributed by atoms with Crippen molar-refractivity contribution in [1.82, 2.24) is 9.88 Å². The van der Waals surface area contributed by atoms with E-state index < -0.39 is 0 Å². The van der Waals surface area contributed by atoms with Crippen LogP contribution in [0.25, 0.3) is 0 Å². The summed E-state index contributed by atoms with van der Waals surface area (Å²) in [6.45, 7) is 1.03. The lowest BCUT2D eigenvalue weighted by Crippen LogP contribution is -2.38. The van der Waals surface area contributed by atoms with Crippen LogP contribution in [0.1, 0.15) is 12.0 Å². The molecule has 2 aliphatic heterocycles. The van der Waals surface area contributed by atoms with Gasteiger partial charge in [0.2, 0.25) is 0 Å². The molecule has 168 valence electrons. The minimum absolute atomic E-state index is 0.0111. The highest BCUT2D eigenvalue weighted by molar-refractivity contribution is 6.11. The summed E-state index contributed by atoms with van der Waals surface area (Å²) in [6, 6.07) is 20.3. The number of anilines is 1. The average Bonchev–Trinajstić information content (AvgIpc) is 3.15. The van der Waals surface area contributed by atoms with Gasteiger partial charge in [0.1, 0.15) is 37.4 Å². The second-order valence-electron chi connectivity index (χ2n) is 7.82. The van der Waals surface area contributed by atoms with Crippen LogP contribution in [0, 0.1) is 0 Å². The second-order valence-corrected chi connectivity index (χ2v) is 7.82. The first-order valence-corrected chi connectivity index (χ1v) is 10.8. The third-order valence-electron chi connectivity index (χ3n) is 5.54. The number of hydrogen-bond donors (Lipinski definition) is 0. The quantitative estimate of drug-likeness (QED) is 0.517. The first-order valence-electron chi connectivity index (χ1n) is 10.8. The normalized spacial score (nSPS) is 17.4. The number of urea groups is 1. The van der Waals surface area contributed by atoms with E-state index in [1.165, 1.54) is 9.80 Å². The van der Waals surface area contributed by atoms with E-state index in [1.54, 1.807) is 30.5 Å². The molecule has 1 unspecified atom stereocenters. The summed E-state index contributed by atoms with van der Waals surface area (Å²) in [4.78, 5) is 31.9. The molecule has 2 aromatic carbocycles. The Balaban J connectivity index is 1.18. The van der Waals surface area contributed by atoms with Crippen molar-refractivity contribution in [2.24, 2.45) is 0 Å². The van der Waals surface area contributed by atoms with E-state index in [-0.39, 0.29) is 31.1 Å². The highest BCUT2D eigenvalue weighted by atomic mass is 16.6. The van der Waals surface area contributed by atoms with E-state index in [2.05, 4.69) is 4.98 Å². The molecule has 8 heteroatoms. The number of pyridine rings is 1. The van der Waals surface area contributed by atoms with Crippen LogP contribution < -0.4 is 19.1 Å². The van der Waals surface area contributed by atoms with Gasteiger partial charge < -0.3 is 14.2 Å². The number of imide groups is 1. The Morgan fingerprint density at radius 3 is 2.67 bits per heavy atom. The predicted octanol–water partition coefficient (Wildman–Crippen LogP) is 3.66. The van der Waals surface area contributed by atoms with Crippen molar-refractivity contribution in [3.8, 4) is 17.2 Å². The maximum atomic E-state index is 12.7. The molecule has 33 heavy (non-hydrogen) atoms. The molecule has 8 nitrogen and oxygen atoms in total. The zero-order chi connectivity index (χ0) is 22.6. The van der Waals surface area contributed by atoms with Crippen molar-refractivity contribution in [2.75, 3.05) is 24.6 Å². The van der Waals surface area contributed by atoms with Gasteiger partial charge in [0.25, 0.3) is 5.91 Å². The monoisotopic (exact) mass is 445 g/mol. The molecule has 1 fully saturated rings. The van der Waals surface area contributed by atoms with Gasteiger partial charge in [-0.15, -0.1) is 0 Å². The molecule has 0 saturated carbocycles. The molecule has 0 N–H and O–H groups in total. The summed E-state index contributed by atoms with van der Waals surface area (Å²) in [6.07, 6.45) is 1.77. The SMILES string of the molecule is O=C1CN(c2ccccn2)C(=O)N1CCC1COc2ccc(OCc3ccccc3)cc2O1. The van der Waals surface area contributed by atoms with Crippen molar-refractivity contribution in [2.45, 2.75) is 19.1 Å². The van der Waals surface area contributed by atoms with Gasteiger partial charge in [-0.3, -0.25) is 14.6 Å². The van der Waals surface area contributed by atoms with Gasteiger partial charge in [-0.1, -0.05) is 36.4 Å². The van der Waals surface area contributed by atoms with E-state index in [0.717, 1.165) is 5.56 Å². The zero-order valence-electron chi connectivity index (χ0n) is 17.9. The molecular formula is C25H23N3O5. The fourth-order valence-electron chi connectivity index (χ4n) is 3.80. The van der Waals surface area contributed by atoms with E-state index in [4.69, 9.17) is 14.2 Å². The van der Waals surface area contributed by atoms with Crippen LogP contribution >= 0.6 is 0 Å². The Kier molecular flexibility index (Phi) is 5.80. The first-order chi connectivity index (χ1) is 16.2. The maximum Gasteiger partial charge on any atom is 0.332 e. The Hall–Kier alpha value is -4.07. The topological polar surface area (TPSA) is 81.2 Å². The Morgan fingerprint density at radius 2 is 1.85 bits per heavy atom. The predicted molar refractivity (Wildman–Crippen MR) is 120 cm³/mol. The van der Waals surface area contributed by atoms with Gasteiger partial charge in [-0.05, 0) is 29.8 Å². The standard InChI is InChI=1S/C25H23N3O5/c29-24-15-28(23-8-4-5-12-26-23)25(30)27(24)13-11-20-17-32-21-10-9-19(14-22(21)33-20)31-16-18-6-2-1-3-7-18/h1-10,12,14,20H,11,13,15-17H2. The van der Waals surface area contributed by atoms with Crippen LogP contribution in [0.2, 0.25) is 0 Å². The lowest BCUT2D eigenvalue weighted by Gasteiger charge is -2.28. The molecule has 0 aliphatic carbocycles. The van der Waals surface area contributed by atoms with Gasteiger partial charge in [-0.25, -0.2) is 9.78 Å². The smallest absolute Gasteiger partial charge is 0.332 e. The summed E-state index contributed by atoms with van der Waals surface area (Å²) in [5, 5.41) is 0. The van der Waals surface area contributed by atoms with Crippen LogP contribution in [0.15, 0.2) is 72.9 Å². The fraction of sp³-hybridized carbons (Fsp3) is 0.240. The number of aromatic nitrogens is 1. The largest absolute Gasteiger partial charge is 0.489 e. The maximum absolute atomic E-state index is 12.7. The van der Waals surface area contributed by atoms with Crippen LogP contribution in [0.3, 0.4) is 0 Å². The Morgan fingerprint density at radius 1 is 1.00 bits per heavy atom. The number of benzene rings is 2. The van der Waals surface area contributed by atoms with Gasteiger partial charge in [-0.2, -0.15) is 0 Å². The first kappa shape index (κ1) is 20.8. The molecular weight excluding hydrogens is 422 g/mol. The van der Waals surface area contributed by atoms with Crippen molar-refractivity contribution in [3.63, 3.8) is 0 Å². The molecule has 3 aromatic rings. The van der Waals surface area contributed by atoms with Crippen molar-refractivity contribution >= 4 is 17.8 Å². The molecule has 0 spiro atoms. The van der Waals surface area contributed by atoms with Crippen LogP contribution in [-0.2, 0) is 11.4 Å². The van der Waals surface area contributed by atoms with Crippen molar-refractivity contribution in [3.05, 3.63) is 78.5 Å².